The number of nitrogens with zero attached hydrogens (tertiary/aromatic N) is 1. The van der Waals surface area contributed by atoms with Gasteiger partial charge in [0.1, 0.15) is 5.52 Å². The van der Waals surface area contributed by atoms with Crippen molar-refractivity contribution in [3.05, 3.63) is 28.6 Å². The molecule has 3 rings (SSSR count). The summed E-state index contributed by atoms with van der Waals surface area (Å²) >= 11 is 6.07. The van der Waals surface area contributed by atoms with Gasteiger partial charge in [0.15, 0.2) is 5.58 Å². The largest absolute Gasteiger partial charge is 0.440 e. The van der Waals surface area contributed by atoms with Crippen molar-refractivity contribution in [3.63, 3.8) is 0 Å². The molecule has 1 saturated heterocycles. The maximum atomic E-state index is 6.07. The summed E-state index contributed by atoms with van der Waals surface area (Å²) in [6, 6.07) is 4.02. The van der Waals surface area contributed by atoms with Gasteiger partial charge in [0.2, 0.25) is 5.89 Å². The maximum absolute atomic E-state index is 6.07. The van der Waals surface area contributed by atoms with Gasteiger partial charge in [0.25, 0.3) is 0 Å². The van der Waals surface area contributed by atoms with Gasteiger partial charge in [-0.05, 0) is 37.6 Å². The summed E-state index contributed by atoms with van der Waals surface area (Å²) in [5, 5.41) is 4.19. The lowest BCUT2D eigenvalue weighted by Gasteiger charge is -2.15. The first-order valence-corrected chi connectivity index (χ1v) is 7.44. The van der Waals surface area contributed by atoms with Crippen LogP contribution >= 0.6 is 11.6 Å². The number of nitrogens with one attached hydrogen (secondary N) is 1. The molecule has 1 aliphatic heterocycles. The van der Waals surface area contributed by atoms with Crippen LogP contribution in [0.25, 0.3) is 11.1 Å². The molecule has 2 heterocycles. The van der Waals surface area contributed by atoms with Gasteiger partial charge in [-0.2, -0.15) is 0 Å². The minimum absolute atomic E-state index is 0.173. The van der Waals surface area contributed by atoms with Crippen molar-refractivity contribution in [2.24, 2.45) is 0 Å². The number of hydrogen-bond donors (Lipinski definition) is 1. The lowest BCUT2D eigenvalue weighted by molar-refractivity contribution is 0.186. The number of fused-ring (bicyclic) bond motifs is 1. The van der Waals surface area contributed by atoms with E-state index < -0.39 is 0 Å². The fraction of sp³-hybridized carbons (Fsp3) is 0.533. The van der Waals surface area contributed by atoms with E-state index in [0.29, 0.717) is 18.2 Å². The Morgan fingerprint density at radius 3 is 3.05 bits per heavy atom. The Bertz CT molecular complexity index is 611. The number of rotatable bonds is 4. The zero-order valence-electron chi connectivity index (χ0n) is 11.8. The molecule has 4 nitrogen and oxygen atoms in total. The first-order chi connectivity index (χ1) is 9.69. The molecule has 20 heavy (non-hydrogen) atoms. The third-order valence-electron chi connectivity index (χ3n) is 3.71. The number of hydrogen-bond acceptors (Lipinski definition) is 4. The molecule has 0 bridgehead atoms. The molecule has 2 aromatic rings. The van der Waals surface area contributed by atoms with Crippen molar-refractivity contribution in [2.45, 2.75) is 32.2 Å². The van der Waals surface area contributed by atoms with E-state index in [1.54, 1.807) is 0 Å². The van der Waals surface area contributed by atoms with Crippen LogP contribution < -0.4 is 5.32 Å². The van der Waals surface area contributed by atoms with Gasteiger partial charge in [0, 0.05) is 11.1 Å². The van der Waals surface area contributed by atoms with E-state index in [0.717, 1.165) is 35.5 Å². The molecule has 5 heteroatoms. The van der Waals surface area contributed by atoms with E-state index in [2.05, 4.69) is 17.2 Å². The zero-order chi connectivity index (χ0) is 14.1. The van der Waals surface area contributed by atoms with Gasteiger partial charge >= 0.3 is 0 Å². The van der Waals surface area contributed by atoms with Crippen molar-refractivity contribution in [1.29, 1.82) is 0 Å². The van der Waals surface area contributed by atoms with Crippen molar-refractivity contribution in [1.82, 2.24) is 10.3 Å². The normalized spacial score (nSPS) is 22.8. The van der Waals surface area contributed by atoms with Crippen molar-refractivity contribution in [3.8, 4) is 0 Å². The van der Waals surface area contributed by atoms with Crippen molar-refractivity contribution >= 4 is 22.7 Å². The van der Waals surface area contributed by atoms with Crippen LogP contribution in [0.3, 0.4) is 0 Å². The second-order valence-electron chi connectivity index (χ2n) is 5.33. The molecule has 1 aliphatic rings. The van der Waals surface area contributed by atoms with E-state index in [1.165, 1.54) is 0 Å². The highest BCUT2D eigenvalue weighted by Crippen LogP contribution is 2.31. The summed E-state index contributed by atoms with van der Waals surface area (Å²) in [4.78, 5) is 4.60. The van der Waals surface area contributed by atoms with Crippen LogP contribution in [0, 0.1) is 6.92 Å². The smallest absolute Gasteiger partial charge is 0.202 e. The average Bonchev–Trinajstić information content (AvgIpc) is 3.01. The lowest BCUT2D eigenvalue weighted by atomic mass is 10.0. The van der Waals surface area contributed by atoms with E-state index in [9.17, 15) is 0 Å². The highest BCUT2D eigenvalue weighted by molar-refractivity contribution is 6.31. The molecule has 0 aliphatic carbocycles. The molecule has 1 aromatic carbocycles. The van der Waals surface area contributed by atoms with Crippen LogP contribution in [0.2, 0.25) is 5.02 Å². The van der Waals surface area contributed by atoms with E-state index in [-0.39, 0.29) is 12.0 Å². The quantitative estimate of drug-likeness (QED) is 0.940. The van der Waals surface area contributed by atoms with Crippen LogP contribution in [0.4, 0.5) is 0 Å². The number of halogens is 1. The summed E-state index contributed by atoms with van der Waals surface area (Å²) in [7, 11) is 0. The van der Waals surface area contributed by atoms with E-state index in [1.807, 2.05) is 19.1 Å². The average molecular weight is 295 g/mol. The van der Waals surface area contributed by atoms with Crippen LogP contribution in [-0.4, -0.2) is 30.8 Å². The van der Waals surface area contributed by atoms with Crippen molar-refractivity contribution in [2.75, 3.05) is 19.8 Å². The monoisotopic (exact) mass is 294 g/mol. The van der Waals surface area contributed by atoms with Gasteiger partial charge in [-0.25, -0.2) is 4.98 Å². The molecule has 0 amide bonds. The predicted molar refractivity (Wildman–Crippen MR) is 79.4 cm³/mol. The SMILES string of the molecule is CCCNC1COCC1c1nc2cc(Cl)cc(C)c2o1. The minimum Gasteiger partial charge on any atom is -0.440 e. The summed E-state index contributed by atoms with van der Waals surface area (Å²) in [6.07, 6.45) is 1.10. The Morgan fingerprint density at radius 1 is 1.40 bits per heavy atom. The van der Waals surface area contributed by atoms with Crippen LogP contribution in [0.5, 0.6) is 0 Å². The molecule has 2 atom stereocenters. The third kappa shape index (κ3) is 2.55. The predicted octanol–water partition coefficient (Wildman–Crippen LogP) is 3.27. The third-order valence-corrected chi connectivity index (χ3v) is 3.93. The molecule has 0 saturated carbocycles. The molecule has 1 aromatic heterocycles. The molecule has 1 fully saturated rings. The Hall–Kier alpha value is -1.10. The first kappa shape index (κ1) is 13.9. The van der Waals surface area contributed by atoms with Crippen LogP contribution in [0.1, 0.15) is 30.7 Å². The summed E-state index contributed by atoms with van der Waals surface area (Å²) < 4.78 is 11.5. The molecule has 0 spiro atoms. The highest BCUT2D eigenvalue weighted by Gasteiger charge is 2.33. The van der Waals surface area contributed by atoms with Gasteiger partial charge in [0.05, 0.1) is 19.1 Å². The fourth-order valence-corrected chi connectivity index (χ4v) is 2.93. The maximum Gasteiger partial charge on any atom is 0.202 e. The molecule has 108 valence electrons. The molecular weight excluding hydrogens is 276 g/mol. The Kier molecular flexibility index (Phi) is 3.96. The highest BCUT2D eigenvalue weighted by atomic mass is 35.5. The minimum atomic E-state index is 0.173. The molecule has 0 radical (unpaired) electrons. The molecule has 1 N–H and O–H groups in total. The van der Waals surface area contributed by atoms with E-state index >= 15 is 0 Å². The van der Waals surface area contributed by atoms with Crippen LogP contribution in [0.15, 0.2) is 16.5 Å². The van der Waals surface area contributed by atoms with Gasteiger partial charge in [-0.15, -0.1) is 0 Å². The summed E-state index contributed by atoms with van der Waals surface area (Å²) in [5.41, 5.74) is 2.67. The molecular formula is C15H19ClN2O2. The Morgan fingerprint density at radius 2 is 2.25 bits per heavy atom. The number of benzene rings is 1. The second-order valence-corrected chi connectivity index (χ2v) is 5.76. The van der Waals surface area contributed by atoms with Gasteiger partial charge in [-0.3, -0.25) is 0 Å². The number of aromatic nitrogens is 1. The second kappa shape index (κ2) is 5.72. The van der Waals surface area contributed by atoms with Gasteiger partial charge in [-0.1, -0.05) is 18.5 Å². The standard InChI is InChI=1S/C15H19ClN2O2/c1-3-4-17-13-8-19-7-11(13)15-18-12-6-10(16)5-9(2)14(12)20-15/h5-6,11,13,17H,3-4,7-8H2,1-2H3. The number of aryl methyl sites for hydroxylation is 1. The Balaban J connectivity index is 1.91. The van der Waals surface area contributed by atoms with E-state index in [4.69, 9.17) is 20.8 Å². The van der Waals surface area contributed by atoms with Crippen LogP contribution in [-0.2, 0) is 4.74 Å². The first-order valence-electron chi connectivity index (χ1n) is 7.06. The number of oxazole rings is 1. The Labute approximate surface area is 123 Å². The topological polar surface area (TPSA) is 47.3 Å². The van der Waals surface area contributed by atoms with Gasteiger partial charge < -0.3 is 14.5 Å². The van der Waals surface area contributed by atoms with Crippen molar-refractivity contribution < 1.29 is 9.15 Å². The summed E-state index contributed by atoms with van der Waals surface area (Å²) in [5.74, 6) is 0.920. The fourth-order valence-electron chi connectivity index (χ4n) is 2.66. The summed E-state index contributed by atoms with van der Waals surface area (Å²) in [6.45, 7) is 6.49. The number of ether oxygens (including phenoxy) is 1. The zero-order valence-corrected chi connectivity index (χ0v) is 12.5. The molecule has 2 unspecified atom stereocenters. The lowest BCUT2D eigenvalue weighted by Crippen LogP contribution is -2.34.